The molecule has 0 saturated carbocycles. The Morgan fingerprint density at radius 3 is 2.47 bits per heavy atom. The molecule has 0 N–H and O–H groups in total. The van der Waals surface area contributed by atoms with Crippen LogP contribution in [0.5, 0.6) is 0 Å². The fourth-order valence-electron chi connectivity index (χ4n) is 1.65. The van der Waals surface area contributed by atoms with E-state index >= 15 is 0 Å². The number of allylic oxidation sites excluding steroid dienone is 1. The summed E-state index contributed by atoms with van der Waals surface area (Å²) in [6, 6.07) is 16.9. The van der Waals surface area contributed by atoms with Gasteiger partial charge in [0, 0.05) is 0 Å². The zero-order valence-corrected chi connectivity index (χ0v) is 10.1. The van der Waals surface area contributed by atoms with Gasteiger partial charge >= 0.3 is 0 Å². The van der Waals surface area contributed by atoms with Gasteiger partial charge in [-0.15, -0.1) is 0 Å². The zero-order chi connectivity index (χ0) is 12.3. The molecule has 0 aliphatic carbocycles. The van der Waals surface area contributed by atoms with Gasteiger partial charge in [0.05, 0.1) is 11.5 Å². The largest absolute Gasteiger partial charge is 0.197 e. The standard InChI is InChI=1S/C16H15N/c1-16(2,12-17)10-9-13-7-8-14-5-3-4-6-15(14)11-13/h3-11H,1-2H3/b10-9-. The number of nitrogens with zero attached hydrogens (tertiary/aromatic N) is 1. The van der Waals surface area contributed by atoms with Crippen molar-refractivity contribution in [3.05, 3.63) is 54.1 Å². The average molecular weight is 221 g/mol. The van der Waals surface area contributed by atoms with Crippen LogP contribution in [0.25, 0.3) is 16.8 Å². The maximum absolute atomic E-state index is 8.94. The van der Waals surface area contributed by atoms with Gasteiger partial charge in [-0.25, -0.2) is 0 Å². The summed E-state index contributed by atoms with van der Waals surface area (Å²) in [5.74, 6) is 0. The molecule has 2 rings (SSSR count). The molecule has 0 spiro atoms. The summed E-state index contributed by atoms with van der Waals surface area (Å²) >= 11 is 0. The van der Waals surface area contributed by atoms with E-state index in [-0.39, 0.29) is 0 Å². The Kier molecular flexibility index (Phi) is 2.97. The number of fused-ring (bicyclic) bond motifs is 1. The Balaban J connectivity index is 2.35. The molecule has 17 heavy (non-hydrogen) atoms. The highest BCUT2D eigenvalue weighted by Crippen LogP contribution is 2.20. The van der Waals surface area contributed by atoms with E-state index in [9.17, 15) is 0 Å². The SMILES string of the molecule is CC(C)(C#N)/C=C\c1ccc2ccccc2c1. The summed E-state index contributed by atoms with van der Waals surface area (Å²) in [5.41, 5.74) is 0.720. The molecule has 0 fully saturated rings. The molecule has 0 atom stereocenters. The van der Waals surface area contributed by atoms with Crippen LogP contribution in [0, 0.1) is 16.7 Å². The van der Waals surface area contributed by atoms with Crippen molar-refractivity contribution in [1.29, 1.82) is 5.26 Å². The topological polar surface area (TPSA) is 23.8 Å². The third-order valence-corrected chi connectivity index (χ3v) is 2.75. The molecule has 1 nitrogen and oxygen atoms in total. The molecule has 0 amide bonds. The van der Waals surface area contributed by atoms with Crippen molar-refractivity contribution in [2.45, 2.75) is 13.8 Å². The van der Waals surface area contributed by atoms with Gasteiger partial charge in [-0.3, -0.25) is 0 Å². The summed E-state index contributed by atoms with van der Waals surface area (Å²) in [4.78, 5) is 0. The first kappa shape index (κ1) is 11.4. The molecule has 0 aromatic heterocycles. The Morgan fingerprint density at radius 1 is 1.06 bits per heavy atom. The molecular weight excluding hydrogens is 206 g/mol. The molecule has 0 bridgehead atoms. The molecule has 0 heterocycles. The molecular formula is C16H15N. The van der Waals surface area contributed by atoms with E-state index < -0.39 is 5.41 Å². The first-order chi connectivity index (χ1) is 8.11. The van der Waals surface area contributed by atoms with Gasteiger partial charge in [-0.2, -0.15) is 5.26 Å². The lowest BCUT2D eigenvalue weighted by atomic mass is 9.94. The molecule has 2 aromatic carbocycles. The quantitative estimate of drug-likeness (QED) is 0.737. The predicted molar refractivity (Wildman–Crippen MR) is 72.4 cm³/mol. The smallest absolute Gasteiger partial charge is 0.0725 e. The fraction of sp³-hybridized carbons (Fsp3) is 0.188. The van der Waals surface area contributed by atoms with Crippen LogP contribution in [-0.4, -0.2) is 0 Å². The first-order valence-electron chi connectivity index (χ1n) is 5.70. The second-order valence-corrected chi connectivity index (χ2v) is 4.77. The van der Waals surface area contributed by atoms with Gasteiger partial charge in [0.1, 0.15) is 0 Å². The average Bonchev–Trinajstić information content (AvgIpc) is 2.36. The van der Waals surface area contributed by atoms with E-state index in [1.807, 2.05) is 38.1 Å². The molecule has 0 unspecified atom stereocenters. The minimum Gasteiger partial charge on any atom is -0.197 e. The van der Waals surface area contributed by atoms with Crippen molar-refractivity contribution in [2.24, 2.45) is 5.41 Å². The van der Waals surface area contributed by atoms with E-state index in [4.69, 9.17) is 5.26 Å². The van der Waals surface area contributed by atoms with Gasteiger partial charge < -0.3 is 0 Å². The van der Waals surface area contributed by atoms with Gasteiger partial charge in [0.15, 0.2) is 0 Å². The number of rotatable bonds is 2. The summed E-state index contributed by atoms with van der Waals surface area (Å²) in [6.45, 7) is 3.81. The molecule has 1 heteroatoms. The Labute approximate surface area is 102 Å². The highest BCUT2D eigenvalue weighted by atomic mass is 14.3. The van der Waals surface area contributed by atoms with Crippen LogP contribution in [0.1, 0.15) is 19.4 Å². The Bertz CT molecular complexity index is 600. The lowest BCUT2D eigenvalue weighted by Gasteiger charge is -2.07. The van der Waals surface area contributed by atoms with Crippen molar-refractivity contribution in [1.82, 2.24) is 0 Å². The van der Waals surface area contributed by atoms with E-state index in [1.54, 1.807) is 0 Å². The maximum atomic E-state index is 8.94. The summed E-state index contributed by atoms with van der Waals surface area (Å²) in [7, 11) is 0. The summed E-state index contributed by atoms with van der Waals surface area (Å²) < 4.78 is 0. The monoisotopic (exact) mass is 221 g/mol. The van der Waals surface area contributed by atoms with E-state index in [1.165, 1.54) is 10.8 Å². The van der Waals surface area contributed by atoms with Crippen molar-refractivity contribution < 1.29 is 0 Å². The van der Waals surface area contributed by atoms with Crippen LogP contribution < -0.4 is 0 Å². The van der Waals surface area contributed by atoms with Crippen LogP contribution in [-0.2, 0) is 0 Å². The minimum atomic E-state index is -0.411. The molecule has 0 saturated heterocycles. The van der Waals surface area contributed by atoms with Crippen molar-refractivity contribution in [2.75, 3.05) is 0 Å². The van der Waals surface area contributed by atoms with Gasteiger partial charge in [-0.1, -0.05) is 48.6 Å². The van der Waals surface area contributed by atoms with Gasteiger partial charge in [0.2, 0.25) is 0 Å². The molecule has 0 radical (unpaired) electrons. The molecule has 2 aromatic rings. The third-order valence-electron chi connectivity index (χ3n) is 2.75. The summed E-state index contributed by atoms with van der Waals surface area (Å²) in [6.07, 6.45) is 3.95. The van der Waals surface area contributed by atoms with Crippen molar-refractivity contribution in [3.63, 3.8) is 0 Å². The normalized spacial score (nSPS) is 11.8. The first-order valence-corrected chi connectivity index (χ1v) is 5.70. The van der Waals surface area contributed by atoms with E-state index in [2.05, 4.69) is 36.4 Å². The third kappa shape index (κ3) is 2.73. The second-order valence-electron chi connectivity index (χ2n) is 4.77. The van der Waals surface area contributed by atoms with Gasteiger partial charge in [-0.05, 0) is 36.2 Å². The van der Waals surface area contributed by atoms with Crippen LogP contribution in [0.2, 0.25) is 0 Å². The Morgan fingerprint density at radius 2 is 1.76 bits per heavy atom. The second kappa shape index (κ2) is 4.43. The predicted octanol–water partition coefficient (Wildman–Crippen LogP) is 4.40. The van der Waals surface area contributed by atoms with Crippen molar-refractivity contribution in [3.8, 4) is 6.07 Å². The number of benzene rings is 2. The Hall–Kier alpha value is -2.07. The molecule has 0 aliphatic heterocycles. The van der Waals surface area contributed by atoms with Crippen LogP contribution >= 0.6 is 0 Å². The minimum absolute atomic E-state index is 0.411. The lowest BCUT2D eigenvalue weighted by molar-refractivity contribution is 0.647. The summed E-state index contributed by atoms with van der Waals surface area (Å²) in [5, 5.41) is 11.4. The molecule has 0 aliphatic rings. The number of hydrogen-bond acceptors (Lipinski definition) is 1. The van der Waals surface area contributed by atoms with Crippen LogP contribution in [0.3, 0.4) is 0 Å². The lowest BCUT2D eigenvalue weighted by Crippen LogP contribution is -2.01. The zero-order valence-electron chi connectivity index (χ0n) is 10.1. The van der Waals surface area contributed by atoms with Gasteiger partial charge in [0.25, 0.3) is 0 Å². The highest BCUT2D eigenvalue weighted by Gasteiger charge is 2.10. The highest BCUT2D eigenvalue weighted by molar-refractivity contribution is 5.84. The van der Waals surface area contributed by atoms with E-state index in [0.717, 1.165) is 5.56 Å². The number of hydrogen-bond donors (Lipinski definition) is 0. The van der Waals surface area contributed by atoms with Crippen molar-refractivity contribution >= 4 is 16.8 Å². The molecule has 84 valence electrons. The maximum Gasteiger partial charge on any atom is 0.0725 e. The van der Waals surface area contributed by atoms with Crippen LogP contribution in [0.4, 0.5) is 0 Å². The van der Waals surface area contributed by atoms with E-state index in [0.29, 0.717) is 0 Å². The van der Waals surface area contributed by atoms with Crippen LogP contribution in [0.15, 0.2) is 48.5 Å². The number of nitriles is 1. The fourth-order valence-corrected chi connectivity index (χ4v) is 1.65.